The number of nitriles is 1. The number of primary amides is 1. The molecule has 0 atom stereocenters. The van der Waals surface area contributed by atoms with Crippen molar-refractivity contribution in [1.82, 2.24) is 9.47 Å². The summed E-state index contributed by atoms with van der Waals surface area (Å²) in [5, 5.41) is 11.3. The van der Waals surface area contributed by atoms with Crippen molar-refractivity contribution >= 4 is 33.5 Å². The van der Waals surface area contributed by atoms with E-state index in [1.165, 1.54) is 16.5 Å². The molecule has 1 aliphatic heterocycles. The van der Waals surface area contributed by atoms with E-state index in [9.17, 15) is 10.1 Å². The van der Waals surface area contributed by atoms with Gasteiger partial charge in [0.15, 0.2) is 5.76 Å². The van der Waals surface area contributed by atoms with Crippen molar-refractivity contribution in [1.29, 1.82) is 5.26 Å². The molecule has 1 saturated heterocycles. The zero-order valence-electron chi connectivity index (χ0n) is 21.5. The Bertz CT molecular complexity index is 1390. The number of amides is 1. The lowest BCUT2D eigenvalue weighted by atomic mass is 10.0. The largest absolute Gasteiger partial charge is 0.451 e. The number of carbonyl (C=O) groups is 1. The predicted molar refractivity (Wildman–Crippen MR) is 145 cm³/mol. The van der Waals surface area contributed by atoms with Crippen molar-refractivity contribution in [2.75, 3.05) is 37.6 Å². The molecule has 1 aliphatic rings. The molecule has 2 N–H and O–H groups in total. The first kappa shape index (κ1) is 25.3. The molecule has 1 fully saturated rings. The van der Waals surface area contributed by atoms with E-state index in [0.29, 0.717) is 5.58 Å². The molecule has 0 bridgehead atoms. The molecular weight excluding hydrogens is 450 g/mol. The summed E-state index contributed by atoms with van der Waals surface area (Å²) in [6, 6.07) is 15.9. The number of piperazine rings is 1. The van der Waals surface area contributed by atoms with Crippen molar-refractivity contribution in [3.63, 3.8) is 0 Å². The number of carbonyl (C=O) groups excluding carboxylic acids is 1. The van der Waals surface area contributed by atoms with Crippen LogP contribution in [0, 0.1) is 11.3 Å². The topological polar surface area (TPSA) is 91.4 Å². The number of nitrogens with two attached hydrogens (primary N) is 1. The third kappa shape index (κ3) is 5.39. The van der Waals surface area contributed by atoms with Crippen LogP contribution in [0.15, 0.2) is 53.1 Å². The predicted octanol–water partition coefficient (Wildman–Crippen LogP) is 5.07. The van der Waals surface area contributed by atoms with Gasteiger partial charge in [-0.15, -0.1) is 0 Å². The standard InChI is InChI=1S/C27H29N5O2.C2H6/c1-30-18-20(23-14-19(17-28)5-7-24(23)30)4-2-3-9-31-10-12-32(13-11-31)22-6-8-25-21(15-22)16-26(34-25)27(29)33;1-2/h5-8,14-16,18H,2-4,9-13H2,1H3,(H2,29,33);1-2H3. The molecule has 188 valence electrons. The van der Waals surface area contributed by atoms with E-state index in [1.54, 1.807) is 6.07 Å². The number of aryl methyl sites for hydroxylation is 2. The summed E-state index contributed by atoms with van der Waals surface area (Å²) < 4.78 is 7.65. The average molecular weight is 486 g/mol. The van der Waals surface area contributed by atoms with Gasteiger partial charge in [0, 0.05) is 61.4 Å². The fourth-order valence-corrected chi connectivity index (χ4v) is 4.97. The van der Waals surface area contributed by atoms with Crippen LogP contribution < -0.4 is 10.6 Å². The van der Waals surface area contributed by atoms with E-state index in [0.717, 1.165) is 68.6 Å². The van der Waals surface area contributed by atoms with Gasteiger partial charge in [-0.25, -0.2) is 0 Å². The smallest absolute Gasteiger partial charge is 0.284 e. The number of anilines is 1. The van der Waals surface area contributed by atoms with Crippen molar-refractivity contribution < 1.29 is 9.21 Å². The fourth-order valence-electron chi connectivity index (χ4n) is 4.97. The molecule has 1 amide bonds. The van der Waals surface area contributed by atoms with Crippen LogP contribution >= 0.6 is 0 Å². The summed E-state index contributed by atoms with van der Waals surface area (Å²) >= 11 is 0. The number of aromatic nitrogens is 1. The first-order chi connectivity index (χ1) is 17.5. The Hall–Kier alpha value is -3.76. The summed E-state index contributed by atoms with van der Waals surface area (Å²) in [6.07, 6.45) is 5.53. The molecule has 0 aliphatic carbocycles. The molecule has 0 spiro atoms. The quantitative estimate of drug-likeness (QED) is 0.369. The molecule has 0 unspecified atom stereocenters. The molecule has 2 aromatic heterocycles. The first-order valence-electron chi connectivity index (χ1n) is 12.8. The lowest BCUT2D eigenvalue weighted by Crippen LogP contribution is -2.46. The van der Waals surface area contributed by atoms with E-state index < -0.39 is 5.91 Å². The van der Waals surface area contributed by atoms with Crippen LogP contribution in [-0.4, -0.2) is 48.1 Å². The Morgan fingerprint density at radius 2 is 1.83 bits per heavy atom. The van der Waals surface area contributed by atoms with E-state index in [2.05, 4.69) is 39.7 Å². The Labute approximate surface area is 212 Å². The second kappa shape index (κ2) is 11.3. The van der Waals surface area contributed by atoms with E-state index >= 15 is 0 Å². The van der Waals surface area contributed by atoms with E-state index in [-0.39, 0.29) is 5.76 Å². The minimum atomic E-state index is -0.543. The minimum Gasteiger partial charge on any atom is -0.451 e. The monoisotopic (exact) mass is 485 g/mol. The zero-order valence-corrected chi connectivity index (χ0v) is 21.5. The number of nitrogens with zero attached hydrogens (tertiary/aromatic N) is 4. The summed E-state index contributed by atoms with van der Waals surface area (Å²) in [6.45, 7) is 9.13. The summed E-state index contributed by atoms with van der Waals surface area (Å²) in [5.74, 6) is -0.343. The van der Waals surface area contributed by atoms with Gasteiger partial charge in [0.05, 0.1) is 11.6 Å². The SMILES string of the molecule is CC.Cn1cc(CCCCN2CCN(c3ccc4oc(C(N)=O)cc4c3)CC2)c2cc(C#N)ccc21. The van der Waals surface area contributed by atoms with E-state index in [1.807, 2.05) is 44.2 Å². The molecule has 0 saturated carbocycles. The number of hydrogen-bond donors (Lipinski definition) is 1. The van der Waals surface area contributed by atoms with Crippen LogP contribution in [0.1, 0.15) is 48.4 Å². The highest BCUT2D eigenvalue weighted by atomic mass is 16.3. The van der Waals surface area contributed by atoms with Gasteiger partial charge in [0.25, 0.3) is 5.91 Å². The van der Waals surface area contributed by atoms with E-state index in [4.69, 9.17) is 10.2 Å². The number of benzene rings is 2. The van der Waals surface area contributed by atoms with Crippen LogP contribution in [0.4, 0.5) is 5.69 Å². The zero-order chi connectivity index (χ0) is 25.7. The van der Waals surface area contributed by atoms with Crippen molar-refractivity contribution in [3.8, 4) is 6.07 Å². The maximum Gasteiger partial charge on any atom is 0.284 e. The molecule has 7 heteroatoms. The van der Waals surface area contributed by atoms with Gasteiger partial charge in [-0.2, -0.15) is 5.26 Å². The number of hydrogen-bond acceptors (Lipinski definition) is 5. The Kier molecular flexibility index (Phi) is 7.97. The maximum absolute atomic E-state index is 11.4. The van der Waals surface area contributed by atoms with Gasteiger partial charge in [0.2, 0.25) is 0 Å². The van der Waals surface area contributed by atoms with Crippen LogP contribution in [0.25, 0.3) is 21.9 Å². The molecule has 5 rings (SSSR count). The molecule has 3 heterocycles. The van der Waals surface area contributed by atoms with Crippen molar-refractivity contribution in [2.45, 2.75) is 33.1 Å². The first-order valence-corrected chi connectivity index (χ1v) is 12.8. The Balaban J connectivity index is 0.00000148. The third-order valence-electron chi connectivity index (χ3n) is 6.85. The normalized spacial score (nSPS) is 14.0. The highest BCUT2D eigenvalue weighted by Gasteiger charge is 2.18. The van der Waals surface area contributed by atoms with Gasteiger partial charge < -0.3 is 19.6 Å². The second-order valence-electron chi connectivity index (χ2n) is 9.09. The summed E-state index contributed by atoms with van der Waals surface area (Å²) in [4.78, 5) is 16.3. The van der Waals surface area contributed by atoms with Crippen LogP contribution in [0.2, 0.25) is 0 Å². The van der Waals surface area contributed by atoms with Gasteiger partial charge in [0.1, 0.15) is 5.58 Å². The molecule has 2 aromatic carbocycles. The Morgan fingerprint density at radius 1 is 1.06 bits per heavy atom. The number of furan rings is 1. The Morgan fingerprint density at radius 3 is 2.56 bits per heavy atom. The van der Waals surface area contributed by atoms with Gasteiger partial charge >= 0.3 is 0 Å². The minimum absolute atomic E-state index is 0.200. The lowest BCUT2D eigenvalue weighted by Gasteiger charge is -2.36. The summed E-state index contributed by atoms with van der Waals surface area (Å²) in [5.41, 5.74) is 10.4. The van der Waals surface area contributed by atoms with Crippen LogP contribution in [0.5, 0.6) is 0 Å². The molecule has 36 heavy (non-hydrogen) atoms. The number of fused-ring (bicyclic) bond motifs is 2. The molecular formula is C29H35N5O2. The molecule has 0 radical (unpaired) electrons. The maximum atomic E-state index is 11.4. The van der Waals surface area contributed by atoms with Crippen LogP contribution in [-0.2, 0) is 13.5 Å². The lowest BCUT2D eigenvalue weighted by molar-refractivity contribution is 0.0976. The van der Waals surface area contributed by atoms with Crippen LogP contribution in [0.3, 0.4) is 0 Å². The van der Waals surface area contributed by atoms with Gasteiger partial charge in [-0.1, -0.05) is 13.8 Å². The fraction of sp³-hybridized carbons (Fsp3) is 0.379. The van der Waals surface area contributed by atoms with Crippen molar-refractivity contribution in [3.05, 3.63) is 65.5 Å². The highest BCUT2D eigenvalue weighted by Crippen LogP contribution is 2.26. The van der Waals surface area contributed by atoms with Crippen molar-refractivity contribution in [2.24, 2.45) is 12.8 Å². The van der Waals surface area contributed by atoms with Gasteiger partial charge in [-0.05, 0) is 73.8 Å². The second-order valence-corrected chi connectivity index (χ2v) is 9.09. The third-order valence-corrected chi connectivity index (χ3v) is 6.85. The molecule has 7 nitrogen and oxygen atoms in total. The average Bonchev–Trinajstić information content (AvgIpc) is 3.48. The number of rotatable bonds is 7. The summed E-state index contributed by atoms with van der Waals surface area (Å²) in [7, 11) is 2.07. The molecule has 4 aromatic rings. The number of unbranched alkanes of at least 4 members (excludes halogenated alkanes) is 1. The van der Waals surface area contributed by atoms with Gasteiger partial charge in [-0.3, -0.25) is 9.69 Å². The highest BCUT2D eigenvalue weighted by molar-refractivity contribution is 5.95.